The van der Waals surface area contributed by atoms with E-state index in [1.165, 1.54) is 24.2 Å². The van der Waals surface area contributed by atoms with E-state index >= 15 is 4.79 Å². The topological polar surface area (TPSA) is 138 Å². The van der Waals surface area contributed by atoms with Crippen LogP contribution >= 0.6 is 0 Å². The summed E-state index contributed by atoms with van der Waals surface area (Å²) in [6, 6.07) is 23.3. The van der Waals surface area contributed by atoms with Crippen LogP contribution in [0.3, 0.4) is 0 Å². The number of hydrogen-bond acceptors (Lipinski definition) is 7. The van der Waals surface area contributed by atoms with E-state index in [9.17, 15) is 24.3 Å². The average Bonchev–Trinajstić information content (AvgIpc) is 3.34. The molecule has 2 amide bonds. The van der Waals surface area contributed by atoms with E-state index in [-0.39, 0.29) is 67.1 Å². The molecule has 0 spiro atoms. The molecule has 9 heteroatoms. The molecule has 6 unspecified atom stereocenters. The summed E-state index contributed by atoms with van der Waals surface area (Å²) in [5.74, 6) is -5.58. The Labute approximate surface area is 277 Å². The summed E-state index contributed by atoms with van der Waals surface area (Å²) in [5.41, 5.74) is 1.65. The van der Waals surface area contributed by atoms with Gasteiger partial charge in [0.05, 0.1) is 24.4 Å². The lowest BCUT2D eigenvalue weighted by Gasteiger charge is -2.55. The molecule has 9 nitrogen and oxygen atoms in total. The number of fused-ring (bicyclic) bond motifs is 4. The number of allylic oxidation sites excluding steroid dienone is 4. The zero-order chi connectivity index (χ0) is 33.7. The lowest BCUT2D eigenvalue weighted by Crippen LogP contribution is -2.58. The summed E-state index contributed by atoms with van der Waals surface area (Å²) in [4.78, 5) is 70.1. The molecule has 0 aromatic heterocycles. The van der Waals surface area contributed by atoms with Crippen molar-refractivity contribution in [1.82, 2.24) is 4.90 Å². The van der Waals surface area contributed by atoms with Crippen LogP contribution in [0.2, 0.25) is 0 Å². The van der Waals surface area contributed by atoms with Crippen LogP contribution in [-0.4, -0.2) is 58.1 Å². The van der Waals surface area contributed by atoms with Crippen molar-refractivity contribution in [3.8, 4) is 11.5 Å². The number of likely N-dealkylation sites (tertiary alicyclic amines) is 1. The Hall–Kier alpha value is -5.31. The second kappa shape index (κ2) is 12.0. The van der Waals surface area contributed by atoms with Crippen LogP contribution in [0.4, 0.5) is 0 Å². The summed E-state index contributed by atoms with van der Waals surface area (Å²) in [6.45, 7) is 0.00724. The number of benzene rings is 3. The SMILES string of the molecule is COc1cc(C2C3=CCC4C(=O)N(CCCC(=O)O)C(=O)C4C3CC3C(=O)C(c4ccccc4)=CC(=O)C32c2ccccc2)ccc1O. The van der Waals surface area contributed by atoms with Crippen LogP contribution in [0.15, 0.2) is 96.6 Å². The number of ether oxygens (including phenoxy) is 1. The van der Waals surface area contributed by atoms with Gasteiger partial charge in [0.1, 0.15) is 0 Å². The predicted octanol–water partition coefficient (Wildman–Crippen LogP) is 5.09. The Bertz CT molecular complexity index is 1900. The molecule has 0 radical (unpaired) electrons. The number of ketones is 2. The van der Waals surface area contributed by atoms with E-state index in [4.69, 9.17) is 9.84 Å². The maximum Gasteiger partial charge on any atom is 0.303 e. The number of rotatable bonds is 8. The summed E-state index contributed by atoms with van der Waals surface area (Å²) in [7, 11) is 1.44. The minimum atomic E-state index is -1.39. The normalized spacial score (nSPS) is 27.9. The van der Waals surface area contributed by atoms with Crippen LogP contribution in [0, 0.1) is 23.7 Å². The number of phenolic OH excluding ortho intramolecular Hbond substituents is 1. The number of imide groups is 1. The number of amides is 2. The first kappa shape index (κ1) is 31.3. The third-order valence-electron chi connectivity index (χ3n) is 10.8. The monoisotopic (exact) mass is 645 g/mol. The Morgan fingerprint density at radius 3 is 2.33 bits per heavy atom. The predicted molar refractivity (Wildman–Crippen MR) is 175 cm³/mol. The van der Waals surface area contributed by atoms with Crippen molar-refractivity contribution in [3.05, 3.63) is 113 Å². The molecule has 2 N–H and O–H groups in total. The first-order valence-corrected chi connectivity index (χ1v) is 16.2. The molecule has 6 atom stereocenters. The molecule has 244 valence electrons. The molecular weight excluding hydrogens is 610 g/mol. The number of nitrogens with zero attached hydrogens (tertiary/aromatic N) is 1. The van der Waals surface area contributed by atoms with E-state index < -0.39 is 41.0 Å². The molecule has 2 fully saturated rings. The van der Waals surface area contributed by atoms with Crippen molar-refractivity contribution in [3.63, 3.8) is 0 Å². The van der Waals surface area contributed by atoms with Gasteiger partial charge in [-0.15, -0.1) is 0 Å². The molecule has 4 aliphatic rings. The largest absolute Gasteiger partial charge is 0.504 e. The van der Waals surface area contributed by atoms with Gasteiger partial charge in [-0.3, -0.25) is 28.9 Å². The minimum Gasteiger partial charge on any atom is -0.504 e. The zero-order valence-electron chi connectivity index (χ0n) is 26.4. The third-order valence-corrected chi connectivity index (χ3v) is 10.8. The lowest BCUT2D eigenvalue weighted by molar-refractivity contribution is -0.142. The highest BCUT2D eigenvalue weighted by molar-refractivity contribution is 6.31. The number of aromatic hydroxyl groups is 1. The summed E-state index contributed by atoms with van der Waals surface area (Å²) in [5, 5.41) is 19.7. The lowest BCUT2D eigenvalue weighted by atomic mass is 9.44. The van der Waals surface area contributed by atoms with Crippen molar-refractivity contribution in [2.45, 2.75) is 37.0 Å². The summed E-state index contributed by atoms with van der Waals surface area (Å²) >= 11 is 0. The van der Waals surface area contributed by atoms with Crippen LogP contribution in [0.1, 0.15) is 48.3 Å². The number of phenols is 1. The molecule has 1 aliphatic heterocycles. The molecule has 1 saturated heterocycles. The second-order valence-corrected chi connectivity index (χ2v) is 13.0. The molecule has 48 heavy (non-hydrogen) atoms. The van der Waals surface area contributed by atoms with Gasteiger partial charge in [-0.1, -0.05) is 78.4 Å². The Morgan fingerprint density at radius 2 is 1.65 bits per heavy atom. The number of carboxylic acid groups (broad SMARTS) is 1. The fourth-order valence-electron chi connectivity index (χ4n) is 8.80. The summed E-state index contributed by atoms with van der Waals surface area (Å²) in [6.07, 6.45) is 3.85. The van der Waals surface area contributed by atoms with Gasteiger partial charge in [-0.2, -0.15) is 0 Å². The van der Waals surface area contributed by atoms with Gasteiger partial charge in [-0.05, 0) is 60.1 Å². The Morgan fingerprint density at radius 1 is 0.938 bits per heavy atom. The Kier molecular flexibility index (Phi) is 7.86. The highest BCUT2D eigenvalue weighted by Crippen LogP contribution is 2.64. The molecule has 1 saturated carbocycles. The van der Waals surface area contributed by atoms with Crippen molar-refractivity contribution in [2.75, 3.05) is 13.7 Å². The minimum absolute atomic E-state index is 0.00724. The zero-order valence-corrected chi connectivity index (χ0v) is 26.4. The number of aliphatic carboxylic acids is 1. The average molecular weight is 646 g/mol. The maximum atomic E-state index is 15.0. The van der Waals surface area contributed by atoms with Crippen molar-refractivity contribution in [2.24, 2.45) is 23.7 Å². The number of carboxylic acids is 1. The van der Waals surface area contributed by atoms with E-state index in [1.807, 2.05) is 54.6 Å². The van der Waals surface area contributed by atoms with E-state index in [0.717, 1.165) is 5.57 Å². The fraction of sp³-hybridized carbons (Fsp3) is 0.308. The first-order valence-electron chi connectivity index (χ1n) is 16.2. The van der Waals surface area contributed by atoms with Crippen LogP contribution < -0.4 is 4.74 Å². The first-order chi connectivity index (χ1) is 23.2. The Balaban J connectivity index is 1.44. The number of carbonyl (C=O) groups excluding carboxylic acids is 4. The molecule has 3 aromatic carbocycles. The molecule has 1 heterocycles. The van der Waals surface area contributed by atoms with Crippen LogP contribution in [0.5, 0.6) is 11.5 Å². The van der Waals surface area contributed by atoms with Gasteiger partial charge in [0, 0.05) is 30.4 Å². The molecule has 3 aliphatic carbocycles. The van der Waals surface area contributed by atoms with Crippen LogP contribution in [0.25, 0.3) is 5.57 Å². The quantitative estimate of drug-likeness (QED) is 0.255. The second-order valence-electron chi connectivity index (χ2n) is 13.0. The van der Waals surface area contributed by atoms with Gasteiger partial charge in [0.25, 0.3) is 0 Å². The van der Waals surface area contributed by atoms with E-state index in [2.05, 4.69) is 0 Å². The summed E-state index contributed by atoms with van der Waals surface area (Å²) < 4.78 is 5.50. The van der Waals surface area contributed by atoms with Gasteiger partial charge >= 0.3 is 5.97 Å². The van der Waals surface area contributed by atoms with Crippen molar-refractivity contribution < 1.29 is 38.9 Å². The fourth-order valence-corrected chi connectivity index (χ4v) is 8.80. The molecule has 7 rings (SSSR count). The number of Topliss-reactive ketones (excluding diaryl/α,β-unsaturated/α-hetero) is 1. The van der Waals surface area contributed by atoms with Crippen LogP contribution in [-0.2, 0) is 29.4 Å². The number of hydrogen-bond donors (Lipinski definition) is 2. The molecule has 0 bridgehead atoms. The number of carbonyl (C=O) groups is 5. The van der Waals surface area contributed by atoms with E-state index in [0.29, 0.717) is 22.3 Å². The van der Waals surface area contributed by atoms with Gasteiger partial charge in [0.2, 0.25) is 11.8 Å². The van der Waals surface area contributed by atoms with Gasteiger partial charge in [-0.25, -0.2) is 0 Å². The van der Waals surface area contributed by atoms with Gasteiger partial charge < -0.3 is 14.9 Å². The maximum absolute atomic E-state index is 15.0. The highest BCUT2D eigenvalue weighted by atomic mass is 16.5. The molecule has 3 aromatic rings. The molecular formula is C39H35NO8. The standard InChI is InChI=1S/C39H35NO8/c1-48-31-19-23(14-17-30(31)41)35-25-15-16-26-34(38(47)40(37(26)46)18-8-13-33(43)44)28(25)20-29-36(45)27(22-9-4-2-5-10-22)21-32(42)39(29,35)24-11-6-3-7-12-24/h2-7,9-12,14-15,17,19,21,26,28-29,34-35,41H,8,13,16,18,20H2,1H3,(H,43,44). The van der Waals surface area contributed by atoms with Crippen molar-refractivity contribution >= 4 is 34.9 Å². The van der Waals surface area contributed by atoms with Crippen molar-refractivity contribution in [1.29, 1.82) is 0 Å². The third kappa shape index (κ3) is 4.71. The highest BCUT2D eigenvalue weighted by Gasteiger charge is 2.65. The van der Waals surface area contributed by atoms with E-state index in [1.54, 1.807) is 24.3 Å². The number of methoxy groups -OCH3 is 1. The smallest absolute Gasteiger partial charge is 0.303 e. The van der Waals surface area contributed by atoms with Gasteiger partial charge in [0.15, 0.2) is 23.1 Å².